The summed E-state index contributed by atoms with van der Waals surface area (Å²) in [6.07, 6.45) is 3.59. The highest BCUT2D eigenvalue weighted by molar-refractivity contribution is 7.90. The number of carboxylic acid groups (broad SMARTS) is 1. The Bertz CT molecular complexity index is 955. The summed E-state index contributed by atoms with van der Waals surface area (Å²) in [7, 11) is -3.39. The molecule has 0 saturated carbocycles. The Morgan fingerprint density at radius 2 is 1.93 bits per heavy atom. The van der Waals surface area contributed by atoms with Crippen molar-refractivity contribution >= 4 is 21.6 Å². The van der Waals surface area contributed by atoms with Crippen LogP contribution in [0.2, 0.25) is 0 Å². The Morgan fingerprint density at radius 3 is 2.55 bits per heavy atom. The van der Waals surface area contributed by atoms with Crippen LogP contribution >= 0.6 is 0 Å². The Hall–Kier alpha value is -2.58. The van der Waals surface area contributed by atoms with Crippen LogP contribution < -0.4 is 10.1 Å². The average Bonchev–Trinajstić information content (AvgIpc) is 3.25. The van der Waals surface area contributed by atoms with Crippen LogP contribution in [0.5, 0.6) is 11.5 Å². The maximum atomic E-state index is 13.5. The number of benzene rings is 2. The Kier molecular flexibility index (Phi) is 6.76. The highest BCUT2D eigenvalue weighted by Gasteiger charge is 2.30. The predicted molar refractivity (Wildman–Crippen MR) is 113 cm³/mol. The van der Waals surface area contributed by atoms with Crippen molar-refractivity contribution in [3.8, 4) is 11.5 Å². The minimum absolute atomic E-state index is 0.0152. The molecule has 3 rings (SSSR count). The number of anilines is 1. The number of para-hydroxylation sites is 1. The second kappa shape index (κ2) is 9.28. The minimum Gasteiger partial charge on any atom is -0.478 e. The fourth-order valence-corrected chi connectivity index (χ4v) is 5.00. The summed E-state index contributed by atoms with van der Waals surface area (Å²) < 4.78 is 29.9. The van der Waals surface area contributed by atoms with Gasteiger partial charge < -0.3 is 15.2 Å². The van der Waals surface area contributed by atoms with Crippen molar-refractivity contribution in [3.05, 3.63) is 48.0 Å². The van der Waals surface area contributed by atoms with Crippen molar-refractivity contribution in [2.45, 2.75) is 37.5 Å². The molecule has 1 aliphatic heterocycles. The summed E-state index contributed by atoms with van der Waals surface area (Å²) in [5.41, 5.74) is 0.426. The van der Waals surface area contributed by atoms with E-state index in [-0.39, 0.29) is 16.2 Å². The summed E-state index contributed by atoms with van der Waals surface area (Å²) in [6.45, 7) is 3.77. The predicted octanol–water partition coefficient (Wildman–Crippen LogP) is 4.81. The zero-order valence-corrected chi connectivity index (χ0v) is 17.3. The first-order valence-electron chi connectivity index (χ1n) is 9.85. The first-order chi connectivity index (χ1) is 13.9. The normalized spacial score (nSPS) is 16.3. The molecule has 7 nitrogen and oxygen atoms in total. The number of ether oxygens (including phenoxy) is 1. The largest absolute Gasteiger partial charge is 0.478 e. The lowest BCUT2D eigenvalue weighted by Crippen LogP contribution is -2.27. The summed E-state index contributed by atoms with van der Waals surface area (Å²) in [4.78, 5) is 11.8. The molecule has 0 aromatic heterocycles. The molecule has 29 heavy (non-hydrogen) atoms. The lowest BCUT2D eigenvalue weighted by Gasteiger charge is -2.23. The van der Waals surface area contributed by atoms with Crippen molar-refractivity contribution in [1.29, 1.82) is 4.78 Å². The first-order valence-corrected chi connectivity index (χ1v) is 11.4. The number of carboxylic acids is 1. The fraction of sp³-hybridized carbons (Fsp3) is 0.381. The van der Waals surface area contributed by atoms with Crippen molar-refractivity contribution in [2.24, 2.45) is 0 Å². The van der Waals surface area contributed by atoms with Crippen LogP contribution in [0, 0.1) is 4.78 Å². The van der Waals surface area contributed by atoms with Gasteiger partial charge in [0.25, 0.3) is 0 Å². The number of hydrogen-bond acceptors (Lipinski definition) is 5. The van der Waals surface area contributed by atoms with E-state index >= 15 is 0 Å². The van der Waals surface area contributed by atoms with Gasteiger partial charge in [-0.1, -0.05) is 31.5 Å². The quantitative estimate of drug-likeness (QED) is 0.508. The van der Waals surface area contributed by atoms with E-state index in [0.29, 0.717) is 31.1 Å². The third-order valence-electron chi connectivity index (χ3n) is 4.84. The monoisotopic (exact) mass is 417 g/mol. The second-order valence-corrected chi connectivity index (χ2v) is 9.02. The van der Waals surface area contributed by atoms with Gasteiger partial charge in [-0.3, -0.25) is 0 Å². The summed E-state index contributed by atoms with van der Waals surface area (Å²) in [5.74, 6) is -0.344. The van der Waals surface area contributed by atoms with Gasteiger partial charge >= 0.3 is 5.97 Å². The molecule has 8 heteroatoms. The van der Waals surface area contributed by atoms with Crippen molar-refractivity contribution in [2.75, 3.05) is 25.0 Å². The minimum atomic E-state index is -3.39. The summed E-state index contributed by atoms with van der Waals surface area (Å²) in [5, 5.41) is 12.8. The Morgan fingerprint density at radius 1 is 1.24 bits per heavy atom. The molecule has 1 aliphatic rings. The van der Waals surface area contributed by atoms with Gasteiger partial charge in [-0.2, -0.15) is 0 Å². The fourth-order valence-electron chi connectivity index (χ4n) is 3.26. The molecule has 0 spiro atoms. The molecular weight excluding hydrogens is 390 g/mol. The first kappa shape index (κ1) is 21.1. The van der Waals surface area contributed by atoms with Crippen LogP contribution in [-0.4, -0.2) is 39.2 Å². The SMILES string of the molecule is CCCCNc1cc(C(=O)O)cc(S(=N)(=O)N2CCCC2)c1Oc1ccccc1. The lowest BCUT2D eigenvalue weighted by molar-refractivity contribution is 0.0696. The highest BCUT2D eigenvalue weighted by Crippen LogP contribution is 2.39. The van der Waals surface area contributed by atoms with Gasteiger partial charge in [0.05, 0.1) is 11.3 Å². The van der Waals surface area contributed by atoms with E-state index in [1.54, 1.807) is 16.4 Å². The smallest absolute Gasteiger partial charge is 0.335 e. The van der Waals surface area contributed by atoms with Gasteiger partial charge in [0.1, 0.15) is 20.6 Å². The van der Waals surface area contributed by atoms with Gasteiger partial charge in [-0.05, 0) is 43.5 Å². The van der Waals surface area contributed by atoms with E-state index in [1.807, 2.05) is 18.2 Å². The Balaban J connectivity index is 2.15. The number of hydrogen-bond donors (Lipinski definition) is 3. The second-order valence-electron chi connectivity index (χ2n) is 7.01. The summed E-state index contributed by atoms with van der Waals surface area (Å²) in [6, 6.07) is 11.9. The molecule has 2 aromatic carbocycles. The average molecular weight is 418 g/mol. The van der Waals surface area contributed by atoms with E-state index in [0.717, 1.165) is 25.7 Å². The molecule has 0 radical (unpaired) electrons. The number of aromatic carboxylic acids is 1. The third kappa shape index (κ3) is 4.89. The molecule has 0 bridgehead atoms. The number of carbonyl (C=O) groups is 1. The molecule has 0 amide bonds. The van der Waals surface area contributed by atoms with Crippen molar-refractivity contribution < 1.29 is 18.8 Å². The summed E-state index contributed by atoms with van der Waals surface area (Å²) >= 11 is 0. The topological polar surface area (TPSA) is 103 Å². The number of nitrogens with zero attached hydrogens (tertiary/aromatic N) is 1. The Labute approximate surface area is 171 Å². The molecule has 0 aliphatic carbocycles. The van der Waals surface area contributed by atoms with Crippen LogP contribution in [0.25, 0.3) is 0 Å². The van der Waals surface area contributed by atoms with Crippen LogP contribution in [-0.2, 0) is 9.92 Å². The van der Waals surface area contributed by atoms with Gasteiger partial charge in [-0.15, -0.1) is 0 Å². The molecule has 156 valence electrons. The molecule has 1 unspecified atom stereocenters. The molecule has 3 N–H and O–H groups in total. The maximum absolute atomic E-state index is 13.5. The van der Waals surface area contributed by atoms with E-state index in [1.165, 1.54) is 12.1 Å². The van der Waals surface area contributed by atoms with Crippen molar-refractivity contribution in [3.63, 3.8) is 0 Å². The molecule has 1 atom stereocenters. The van der Waals surface area contributed by atoms with Crippen LogP contribution in [0.3, 0.4) is 0 Å². The van der Waals surface area contributed by atoms with Gasteiger partial charge in [0, 0.05) is 19.6 Å². The molecule has 2 aromatic rings. The van der Waals surface area contributed by atoms with E-state index in [2.05, 4.69) is 12.2 Å². The van der Waals surface area contributed by atoms with Crippen molar-refractivity contribution in [1.82, 2.24) is 4.31 Å². The third-order valence-corrected chi connectivity index (χ3v) is 6.83. The molecule has 1 heterocycles. The highest BCUT2D eigenvalue weighted by atomic mass is 32.2. The van der Waals surface area contributed by atoms with Crippen LogP contribution in [0.1, 0.15) is 43.0 Å². The number of rotatable bonds is 9. The van der Waals surface area contributed by atoms with Gasteiger partial charge in [0.15, 0.2) is 5.75 Å². The van der Waals surface area contributed by atoms with E-state index < -0.39 is 15.9 Å². The zero-order chi connectivity index (χ0) is 20.9. The molecule has 1 saturated heterocycles. The van der Waals surface area contributed by atoms with Crippen LogP contribution in [0.4, 0.5) is 5.69 Å². The molecule has 1 fully saturated rings. The lowest BCUT2D eigenvalue weighted by atomic mass is 10.1. The zero-order valence-electron chi connectivity index (χ0n) is 16.5. The number of unbranched alkanes of at least 4 members (excludes halogenated alkanes) is 1. The van der Waals surface area contributed by atoms with E-state index in [4.69, 9.17) is 9.52 Å². The van der Waals surface area contributed by atoms with Gasteiger partial charge in [-0.25, -0.2) is 18.1 Å². The molecular formula is C21H27N3O4S. The maximum Gasteiger partial charge on any atom is 0.335 e. The van der Waals surface area contributed by atoms with E-state index in [9.17, 15) is 14.1 Å². The number of nitrogens with one attached hydrogen (secondary N) is 2. The standard InChI is InChI=1S/C21H27N3O4S/c1-2-3-11-23-18-14-16(21(25)26)15-19(29(22,27)24-12-7-8-13-24)20(18)28-17-9-5-4-6-10-17/h4-6,9-10,14-15,22-23H,2-3,7-8,11-13H2,1H3,(H,25,26). The van der Waals surface area contributed by atoms with Crippen LogP contribution in [0.15, 0.2) is 47.4 Å². The van der Waals surface area contributed by atoms with Gasteiger partial charge in [0.2, 0.25) is 0 Å².